The predicted octanol–water partition coefficient (Wildman–Crippen LogP) is 2.38. The van der Waals surface area contributed by atoms with Gasteiger partial charge in [-0.1, -0.05) is 6.07 Å². The van der Waals surface area contributed by atoms with Crippen LogP contribution in [0, 0.1) is 11.6 Å². The lowest BCUT2D eigenvalue weighted by Crippen LogP contribution is -2.54. The maximum Gasteiger partial charge on any atom is 0.159 e. The molecule has 3 nitrogen and oxygen atoms in total. The quantitative estimate of drug-likeness (QED) is 0.930. The number of nitrogens with zero attached hydrogens (tertiary/aromatic N) is 2. The molecule has 0 bridgehead atoms. The van der Waals surface area contributed by atoms with Gasteiger partial charge in [0.2, 0.25) is 0 Å². The summed E-state index contributed by atoms with van der Waals surface area (Å²) in [5.74, 6) is -1.62. The highest BCUT2D eigenvalue weighted by Crippen LogP contribution is 2.25. The monoisotopic (exact) mass is 297 g/mol. The molecule has 0 saturated carbocycles. The number of piperazine rings is 1. The highest BCUT2D eigenvalue weighted by molar-refractivity contribution is 5.22. The van der Waals surface area contributed by atoms with Crippen molar-refractivity contribution in [2.24, 2.45) is 5.73 Å². The Balaban J connectivity index is 2.07. The molecule has 1 fully saturated rings. The molecular weight excluding hydrogens is 272 g/mol. The second-order valence-electron chi connectivity index (χ2n) is 6.62. The van der Waals surface area contributed by atoms with Gasteiger partial charge in [-0.25, -0.2) is 8.78 Å². The largest absolute Gasteiger partial charge is 0.329 e. The Bertz CT molecular complexity index is 477. The number of halogens is 2. The van der Waals surface area contributed by atoms with E-state index in [4.69, 9.17) is 5.73 Å². The molecule has 1 aliphatic rings. The number of nitrogens with two attached hydrogens (primary N) is 1. The third-order valence-corrected chi connectivity index (χ3v) is 4.26. The molecule has 1 heterocycles. The van der Waals surface area contributed by atoms with Crippen molar-refractivity contribution in [3.63, 3.8) is 0 Å². The number of hydrogen-bond acceptors (Lipinski definition) is 3. The molecule has 0 spiro atoms. The minimum Gasteiger partial charge on any atom is -0.329 e. The van der Waals surface area contributed by atoms with Crippen molar-refractivity contribution >= 4 is 0 Å². The maximum atomic E-state index is 13.4. The summed E-state index contributed by atoms with van der Waals surface area (Å²) in [7, 11) is 0. The van der Waals surface area contributed by atoms with Crippen LogP contribution in [0.25, 0.3) is 0 Å². The van der Waals surface area contributed by atoms with Crippen LogP contribution in [0.1, 0.15) is 32.4 Å². The van der Waals surface area contributed by atoms with Gasteiger partial charge in [-0.15, -0.1) is 0 Å². The summed E-state index contributed by atoms with van der Waals surface area (Å²) in [6, 6.07) is 4.02. The van der Waals surface area contributed by atoms with Crippen molar-refractivity contribution in [1.29, 1.82) is 0 Å². The Kier molecular flexibility index (Phi) is 4.96. The molecule has 1 saturated heterocycles. The van der Waals surface area contributed by atoms with E-state index in [1.165, 1.54) is 12.1 Å². The first-order valence-electron chi connectivity index (χ1n) is 7.47. The fraction of sp³-hybridized carbons (Fsp3) is 0.625. The lowest BCUT2D eigenvalue weighted by Gasteiger charge is -2.44. The van der Waals surface area contributed by atoms with Gasteiger partial charge in [0.1, 0.15) is 0 Å². The molecule has 1 aromatic carbocycles. The van der Waals surface area contributed by atoms with Gasteiger partial charge in [-0.3, -0.25) is 9.80 Å². The van der Waals surface area contributed by atoms with Crippen LogP contribution >= 0.6 is 0 Å². The second kappa shape index (κ2) is 6.38. The summed E-state index contributed by atoms with van der Waals surface area (Å²) in [6.45, 7) is 10.7. The minimum atomic E-state index is -0.813. The number of rotatable bonds is 3. The zero-order valence-electron chi connectivity index (χ0n) is 13.1. The van der Waals surface area contributed by atoms with Crippen LogP contribution in [0.5, 0.6) is 0 Å². The maximum absolute atomic E-state index is 13.4. The summed E-state index contributed by atoms with van der Waals surface area (Å²) < 4.78 is 26.5. The first-order chi connectivity index (χ1) is 9.82. The van der Waals surface area contributed by atoms with Crippen LogP contribution in [0.4, 0.5) is 8.78 Å². The van der Waals surface area contributed by atoms with Crippen molar-refractivity contribution in [3.8, 4) is 0 Å². The van der Waals surface area contributed by atoms with Gasteiger partial charge in [0.25, 0.3) is 0 Å². The van der Waals surface area contributed by atoms with E-state index in [1.54, 1.807) is 6.07 Å². The Morgan fingerprint density at radius 3 is 2.19 bits per heavy atom. The van der Waals surface area contributed by atoms with Crippen LogP contribution in [-0.2, 0) is 0 Å². The topological polar surface area (TPSA) is 32.5 Å². The molecule has 0 aliphatic carbocycles. The van der Waals surface area contributed by atoms with E-state index in [1.807, 2.05) is 0 Å². The summed E-state index contributed by atoms with van der Waals surface area (Å²) in [6.07, 6.45) is 0. The Hall–Kier alpha value is -1.04. The van der Waals surface area contributed by atoms with Crippen LogP contribution in [0.3, 0.4) is 0 Å². The van der Waals surface area contributed by atoms with Gasteiger partial charge in [-0.2, -0.15) is 0 Å². The average Bonchev–Trinajstić information content (AvgIpc) is 2.43. The van der Waals surface area contributed by atoms with Crippen molar-refractivity contribution in [3.05, 3.63) is 35.4 Å². The lowest BCUT2D eigenvalue weighted by atomic mass is 10.0. The summed E-state index contributed by atoms with van der Waals surface area (Å²) >= 11 is 0. The molecule has 1 aliphatic heterocycles. The zero-order valence-corrected chi connectivity index (χ0v) is 13.1. The van der Waals surface area contributed by atoms with Gasteiger partial charge in [-0.05, 0) is 38.5 Å². The van der Waals surface area contributed by atoms with Gasteiger partial charge in [0.05, 0.1) is 0 Å². The number of hydrogen-bond donors (Lipinski definition) is 1. The fourth-order valence-electron chi connectivity index (χ4n) is 2.92. The van der Waals surface area contributed by atoms with Crippen LogP contribution in [0.15, 0.2) is 18.2 Å². The van der Waals surface area contributed by atoms with E-state index < -0.39 is 11.6 Å². The molecular formula is C16H25F2N3. The summed E-state index contributed by atoms with van der Waals surface area (Å²) in [4.78, 5) is 4.69. The van der Waals surface area contributed by atoms with E-state index in [0.29, 0.717) is 6.54 Å². The second-order valence-corrected chi connectivity index (χ2v) is 6.62. The van der Waals surface area contributed by atoms with Crippen molar-refractivity contribution in [2.45, 2.75) is 32.4 Å². The van der Waals surface area contributed by atoms with Crippen LogP contribution in [0.2, 0.25) is 0 Å². The molecule has 118 valence electrons. The van der Waals surface area contributed by atoms with Gasteiger partial charge in [0, 0.05) is 44.3 Å². The van der Waals surface area contributed by atoms with Crippen molar-refractivity contribution < 1.29 is 8.78 Å². The van der Waals surface area contributed by atoms with E-state index in [2.05, 4.69) is 30.6 Å². The van der Waals surface area contributed by atoms with E-state index in [0.717, 1.165) is 31.7 Å². The molecule has 21 heavy (non-hydrogen) atoms. The molecule has 1 unspecified atom stereocenters. The average molecular weight is 297 g/mol. The first-order valence-corrected chi connectivity index (χ1v) is 7.47. The predicted molar refractivity (Wildman–Crippen MR) is 81.1 cm³/mol. The van der Waals surface area contributed by atoms with E-state index in [9.17, 15) is 8.78 Å². The lowest BCUT2D eigenvalue weighted by molar-refractivity contribution is 0.0433. The molecule has 0 radical (unpaired) electrons. The smallest absolute Gasteiger partial charge is 0.159 e. The molecule has 2 rings (SSSR count). The Morgan fingerprint density at radius 2 is 1.71 bits per heavy atom. The normalized spacial score (nSPS) is 19.7. The highest BCUT2D eigenvalue weighted by atomic mass is 19.2. The SMILES string of the molecule is CC(C)(C)N1CCN(C(CN)c2ccc(F)c(F)c2)CC1. The zero-order chi connectivity index (χ0) is 15.6. The Labute approximate surface area is 125 Å². The third-order valence-electron chi connectivity index (χ3n) is 4.26. The first kappa shape index (κ1) is 16.3. The highest BCUT2D eigenvalue weighted by Gasteiger charge is 2.29. The molecule has 0 amide bonds. The molecule has 1 aromatic rings. The number of benzene rings is 1. The van der Waals surface area contributed by atoms with Gasteiger partial charge < -0.3 is 5.73 Å². The van der Waals surface area contributed by atoms with Crippen LogP contribution < -0.4 is 5.73 Å². The van der Waals surface area contributed by atoms with E-state index in [-0.39, 0.29) is 11.6 Å². The Morgan fingerprint density at radius 1 is 1.10 bits per heavy atom. The standard InChI is InChI=1S/C16H25F2N3/c1-16(2,3)21-8-6-20(7-9-21)15(11-19)12-4-5-13(17)14(18)10-12/h4-5,10,15H,6-9,11,19H2,1-3H3. The van der Waals surface area contributed by atoms with E-state index >= 15 is 0 Å². The van der Waals surface area contributed by atoms with Crippen molar-refractivity contribution in [2.75, 3.05) is 32.7 Å². The third kappa shape index (κ3) is 3.78. The minimum absolute atomic E-state index is 0.0535. The molecule has 1 atom stereocenters. The van der Waals surface area contributed by atoms with Crippen molar-refractivity contribution in [1.82, 2.24) is 9.80 Å². The van der Waals surface area contributed by atoms with Gasteiger partial charge >= 0.3 is 0 Å². The van der Waals surface area contributed by atoms with Crippen LogP contribution in [-0.4, -0.2) is 48.1 Å². The summed E-state index contributed by atoms with van der Waals surface area (Å²) in [5.41, 5.74) is 6.78. The summed E-state index contributed by atoms with van der Waals surface area (Å²) in [5, 5.41) is 0. The fourth-order valence-corrected chi connectivity index (χ4v) is 2.92. The molecule has 2 N–H and O–H groups in total. The molecule has 5 heteroatoms. The molecule has 0 aromatic heterocycles. The van der Waals surface area contributed by atoms with Gasteiger partial charge in [0.15, 0.2) is 11.6 Å².